The van der Waals surface area contributed by atoms with Crippen LogP contribution in [0.5, 0.6) is 11.5 Å². The van der Waals surface area contributed by atoms with Crippen LogP contribution in [0.15, 0.2) is 96.4 Å². The molecule has 0 aliphatic carbocycles. The third-order valence-corrected chi connectivity index (χ3v) is 5.86. The van der Waals surface area contributed by atoms with Crippen molar-refractivity contribution in [1.29, 1.82) is 0 Å². The predicted molar refractivity (Wildman–Crippen MR) is 109 cm³/mol. The van der Waals surface area contributed by atoms with Crippen LogP contribution in [0.3, 0.4) is 0 Å². The first-order valence-corrected chi connectivity index (χ1v) is 10.0. The topological polar surface area (TPSA) is 46.6 Å². The monoisotopic (exact) mass is 399 g/mol. The van der Waals surface area contributed by atoms with Gasteiger partial charge in [0, 0.05) is 5.02 Å². The van der Waals surface area contributed by atoms with Gasteiger partial charge in [0.1, 0.15) is 11.5 Å². The lowest BCUT2D eigenvalue weighted by molar-refractivity contribution is 0.482. The van der Waals surface area contributed by atoms with Crippen molar-refractivity contribution in [1.82, 2.24) is 0 Å². The molecule has 0 fully saturated rings. The summed E-state index contributed by atoms with van der Waals surface area (Å²) in [6.07, 6.45) is 1.54. The molecule has 0 N–H and O–H groups in total. The fourth-order valence-electron chi connectivity index (χ4n) is 2.50. The zero-order valence-electron chi connectivity index (χ0n) is 14.5. The number of sulfonamides is 1. The Morgan fingerprint density at radius 3 is 2.07 bits per heavy atom. The Bertz CT molecular complexity index is 1000. The van der Waals surface area contributed by atoms with E-state index in [9.17, 15) is 8.42 Å². The minimum Gasteiger partial charge on any atom is -0.457 e. The lowest BCUT2D eigenvalue weighted by Gasteiger charge is -2.23. The summed E-state index contributed by atoms with van der Waals surface area (Å²) in [4.78, 5) is 0.165. The van der Waals surface area contributed by atoms with Crippen LogP contribution < -0.4 is 9.04 Å². The molecule has 3 aromatic carbocycles. The van der Waals surface area contributed by atoms with Crippen LogP contribution in [-0.4, -0.2) is 15.0 Å². The third-order valence-electron chi connectivity index (χ3n) is 3.80. The average molecular weight is 400 g/mol. The van der Waals surface area contributed by atoms with Crippen molar-refractivity contribution in [2.75, 3.05) is 10.8 Å². The number of para-hydroxylation sites is 1. The molecule has 4 nitrogen and oxygen atoms in total. The second kappa shape index (κ2) is 8.29. The second-order valence-electron chi connectivity index (χ2n) is 5.69. The highest BCUT2D eigenvalue weighted by molar-refractivity contribution is 7.92. The Hall–Kier alpha value is -2.76. The molecule has 0 radical (unpaired) electrons. The zero-order valence-corrected chi connectivity index (χ0v) is 16.0. The normalized spacial score (nSPS) is 11.0. The molecule has 0 amide bonds. The molecule has 138 valence electrons. The van der Waals surface area contributed by atoms with E-state index in [4.69, 9.17) is 16.3 Å². The summed E-state index contributed by atoms with van der Waals surface area (Å²) >= 11 is 5.86. The van der Waals surface area contributed by atoms with Gasteiger partial charge < -0.3 is 4.74 Å². The number of nitrogens with zero attached hydrogens (tertiary/aromatic N) is 1. The Morgan fingerprint density at radius 1 is 0.889 bits per heavy atom. The van der Waals surface area contributed by atoms with Gasteiger partial charge in [0.25, 0.3) is 10.0 Å². The van der Waals surface area contributed by atoms with Gasteiger partial charge in [0.15, 0.2) is 0 Å². The summed E-state index contributed by atoms with van der Waals surface area (Å²) in [6, 6.07) is 22.3. The molecule has 0 heterocycles. The molecule has 0 atom stereocenters. The number of benzene rings is 3. The van der Waals surface area contributed by atoms with Gasteiger partial charge in [-0.1, -0.05) is 35.9 Å². The molecule has 27 heavy (non-hydrogen) atoms. The summed E-state index contributed by atoms with van der Waals surface area (Å²) in [5, 5.41) is 0.478. The summed E-state index contributed by atoms with van der Waals surface area (Å²) in [5.74, 6) is 1.33. The summed E-state index contributed by atoms with van der Waals surface area (Å²) in [6.45, 7) is 3.81. The first kappa shape index (κ1) is 19.0. The molecule has 0 spiro atoms. The molecule has 0 saturated heterocycles. The van der Waals surface area contributed by atoms with Gasteiger partial charge in [0.05, 0.1) is 17.1 Å². The molecule has 6 heteroatoms. The molecule has 0 unspecified atom stereocenters. The van der Waals surface area contributed by atoms with Crippen LogP contribution in [0.4, 0.5) is 5.69 Å². The van der Waals surface area contributed by atoms with Crippen LogP contribution >= 0.6 is 11.6 Å². The highest BCUT2D eigenvalue weighted by Gasteiger charge is 2.24. The van der Waals surface area contributed by atoms with Crippen LogP contribution in [0, 0.1) is 0 Å². The van der Waals surface area contributed by atoms with Crippen LogP contribution in [0.1, 0.15) is 0 Å². The smallest absolute Gasteiger partial charge is 0.264 e. The predicted octanol–water partition coefficient (Wildman–Crippen LogP) is 5.51. The largest absolute Gasteiger partial charge is 0.457 e. The lowest BCUT2D eigenvalue weighted by atomic mass is 10.3. The van der Waals surface area contributed by atoms with E-state index in [1.54, 1.807) is 42.5 Å². The van der Waals surface area contributed by atoms with Crippen molar-refractivity contribution in [3.63, 3.8) is 0 Å². The molecular formula is C21H18ClNO3S. The molecular weight excluding hydrogens is 382 g/mol. The number of halogens is 1. The van der Waals surface area contributed by atoms with Gasteiger partial charge in [-0.05, 0) is 60.7 Å². The number of anilines is 1. The van der Waals surface area contributed by atoms with E-state index in [1.165, 1.54) is 16.4 Å². The maximum absolute atomic E-state index is 13.0. The first-order chi connectivity index (χ1) is 13.0. The molecule has 0 aliphatic rings. The van der Waals surface area contributed by atoms with Crippen molar-refractivity contribution in [2.45, 2.75) is 4.90 Å². The van der Waals surface area contributed by atoms with Gasteiger partial charge in [0.2, 0.25) is 0 Å². The SMILES string of the molecule is C=CCN(c1ccc(Oc2ccccc2)cc1)S(=O)(=O)c1ccc(Cl)cc1. The van der Waals surface area contributed by atoms with Gasteiger partial charge in [-0.25, -0.2) is 8.42 Å². The van der Waals surface area contributed by atoms with Crippen molar-refractivity contribution < 1.29 is 13.2 Å². The first-order valence-electron chi connectivity index (χ1n) is 8.23. The highest BCUT2D eigenvalue weighted by atomic mass is 35.5. The number of hydrogen-bond acceptors (Lipinski definition) is 3. The molecule has 0 aromatic heterocycles. The summed E-state index contributed by atoms with van der Waals surface area (Å²) < 4.78 is 33.1. The highest BCUT2D eigenvalue weighted by Crippen LogP contribution is 2.28. The summed E-state index contributed by atoms with van der Waals surface area (Å²) in [7, 11) is -3.74. The van der Waals surface area contributed by atoms with Gasteiger partial charge in [-0.3, -0.25) is 4.31 Å². The van der Waals surface area contributed by atoms with E-state index in [-0.39, 0.29) is 11.4 Å². The number of hydrogen-bond donors (Lipinski definition) is 0. The zero-order chi connectivity index (χ0) is 19.3. The fraction of sp³-hybridized carbons (Fsp3) is 0.0476. The number of ether oxygens (including phenoxy) is 1. The van der Waals surface area contributed by atoms with Gasteiger partial charge in [-0.2, -0.15) is 0 Å². The minimum absolute atomic E-state index is 0.143. The Balaban J connectivity index is 1.88. The second-order valence-corrected chi connectivity index (χ2v) is 7.99. The van der Waals surface area contributed by atoms with Crippen LogP contribution in [0.2, 0.25) is 5.02 Å². The lowest BCUT2D eigenvalue weighted by Crippen LogP contribution is -2.31. The Labute approximate surface area is 164 Å². The minimum atomic E-state index is -3.74. The third kappa shape index (κ3) is 4.51. The van der Waals surface area contributed by atoms with Gasteiger partial charge in [-0.15, -0.1) is 6.58 Å². The fourth-order valence-corrected chi connectivity index (χ4v) is 4.06. The quantitative estimate of drug-likeness (QED) is 0.492. The van der Waals surface area contributed by atoms with Crippen molar-refractivity contribution in [3.8, 4) is 11.5 Å². The van der Waals surface area contributed by atoms with E-state index in [1.807, 2.05) is 30.3 Å². The van der Waals surface area contributed by atoms with Crippen LogP contribution in [0.25, 0.3) is 0 Å². The van der Waals surface area contributed by atoms with E-state index in [2.05, 4.69) is 6.58 Å². The Kier molecular flexibility index (Phi) is 5.84. The van der Waals surface area contributed by atoms with Crippen molar-refractivity contribution in [3.05, 3.63) is 96.5 Å². The maximum Gasteiger partial charge on any atom is 0.264 e. The molecule has 3 aromatic rings. The standard InChI is InChI=1S/C21H18ClNO3S/c1-2-16-23(27(24,25)21-14-8-17(22)9-15-21)18-10-12-20(13-11-18)26-19-6-4-3-5-7-19/h2-15H,1,16H2. The molecule has 3 rings (SSSR count). The maximum atomic E-state index is 13.0. The van der Waals surface area contributed by atoms with Crippen LogP contribution in [-0.2, 0) is 10.0 Å². The average Bonchev–Trinajstić information content (AvgIpc) is 2.68. The van der Waals surface area contributed by atoms with Gasteiger partial charge >= 0.3 is 0 Å². The molecule has 0 bridgehead atoms. The van der Waals surface area contributed by atoms with E-state index >= 15 is 0 Å². The Morgan fingerprint density at radius 2 is 1.48 bits per heavy atom. The van der Waals surface area contributed by atoms with Crippen molar-refractivity contribution in [2.24, 2.45) is 0 Å². The van der Waals surface area contributed by atoms with E-state index in [0.29, 0.717) is 22.2 Å². The van der Waals surface area contributed by atoms with Crippen molar-refractivity contribution >= 4 is 27.3 Å². The molecule has 0 aliphatic heterocycles. The summed E-state index contributed by atoms with van der Waals surface area (Å²) in [5.41, 5.74) is 0.519. The van der Waals surface area contributed by atoms with E-state index in [0.717, 1.165) is 0 Å². The molecule has 0 saturated carbocycles. The number of rotatable bonds is 7. The van der Waals surface area contributed by atoms with E-state index < -0.39 is 10.0 Å².